The zero-order valence-corrected chi connectivity index (χ0v) is 13.2. The van der Waals surface area contributed by atoms with Crippen molar-refractivity contribution in [3.05, 3.63) is 28.0 Å². The van der Waals surface area contributed by atoms with E-state index in [4.69, 9.17) is 18.0 Å². The van der Waals surface area contributed by atoms with Crippen LogP contribution in [0, 0.1) is 5.82 Å². The molecule has 108 valence electrons. The molecule has 1 amide bonds. The number of nitrogens with zero attached hydrogens (tertiary/aromatic N) is 1. The number of nitrogens with one attached hydrogen (secondary N) is 1. The Labute approximate surface area is 130 Å². The number of thiocarbonyl (C=S) groups is 1. The van der Waals surface area contributed by atoms with Crippen LogP contribution in [0.4, 0.5) is 10.1 Å². The Hall–Kier alpha value is -1.21. The zero-order valence-electron chi connectivity index (χ0n) is 10.8. The Kier molecular flexibility index (Phi) is 4.93. The van der Waals surface area contributed by atoms with Crippen LogP contribution < -0.4 is 11.1 Å². The van der Waals surface area contributed by atoms with Gasteiger partial charge in [0.05, 0.1) is 16.7 Å². The van der Waals surface area contributed by atoms with Gasteiger partial charge in [-0.25, -0.2) is 4.39 Å². The van der Waals surface area contributed by atoms with Crippen molar-refractivity contribution in [2.24, 2.45) is 5.73 Å². The van der Waals surface area contributed by atoms with Crippen molar-refractivity contribution in [1.82, 2.24) is 4.90 Å². The van der Waals surface area contributed by atoms with Crippen molar-refractivity contribution in [1.29, 1.82) is 0 Å². The van der Waals surface area contributed by atoms with Crippen LogP contribution in [0.25, 0.3) is 0 Å². The third-order valence-electron chi connectivity index (χ3n) is 3.24. The normalized spacial score (nSPS) is 14.4. The van der Waals surface area contributed by atoms with Crippen molar-refractivity contribution >= 4 is 44.7 Å². The molecule has 1 aromatic rings. The minimum atomic E-state index is -0.496. The topological polar surface area (TPSA) is 58.4 Å². The van der Waals surface area contributed by atoms with E-state index in [9.17, 15) is 9.18 Å². The lowest BCUT2D eigenvalue weighted by Crippen LogP contribution is -2.33. The van der Waals surface area contributed by atoms with Gasteiger partial charge in [0.15, 0.2) is 5.82 Å². The molecule has 1 saturated heterocycles. The standard InChI is InChI=1S/C13H15BrFN3OS/c14-11-8(13(16)20)3-4-9(12(11)15)17-7-10(19)18-5-1-2-6-18/h3-4,17H,1-2,5-7H2,(H2,16,20). The summed E-state index contributed by atoms with van der Waals surface area (Å²) in [5.74, 6) is -0.513. The number of rotatable bonds is 4. The molecule has 1 aliphatic rings. The van der Waals surface area contributed by atoms with E-state index in [1.54, 1.807) is 11.0 Å². The molecule has 3 N–H and O–H groups in total. The predicted molar refractivity (Wildman–Crippen MR) is 84.3 cm³/mol. The zero-order chi connectivity index (χ0) is 14.7. The quantitative estimate of drug-likeness (QED) is 0.809. The van der Waals surface area contributed by atoms with Gasteiger partial charge in [-0.15, -0.1) is 0 Å². The molecule has 7 heteroatoms. The number of halogens is 2. The van der Waals surface area contributed by atoms with E-state index in [1.165, 1.54) is 6.07 Å². The maximum atomic E-state index is 14.1. The highest BCUT2D eigenvalue weighted by atomic mass is 79.9. The lowest BCUT2D eigenvalue weighted by Gasteiger charge is -2.16. The van der Waals surface area contributed by atoms with E-state index in [0.29, 0.717) is 5.56 Å². The summed E-state index contributed by atoms with van der Waals surface area (Å²) in [6, 6.07) is 3.16. The first-order chi connectivity index (χ1) is 9.50. The van der Waals surface area contributed by atoms with Gasteiger partial charge in [-0.2, -0.15) is 0 Å². The Morgan fingerprint density at radius 2 is 2.10 bits per heavy atom. The molecular weight excluding hydrogens is 345 g/mol. The summed E-state index contributed by atoms with van der Waals surface area (Å²) in [4.78, 5) is 13.8. The summed E-state index contributed by atoms with van der Waals surface area (Å²) < 4.78 is 14.3. The fraction of sp³-hybridized carbons (Fsp3) is 0.385. The van der Waals surface area contributed by atoms with Crippen LogP contribution >= 0.6 is 28.1 Å². The summed E-state index contributed by atoms with van der Waals surface area (Å²) >= 11 is 7.96. The second-order valence-electron chi connectivity index (χ2n) is 4.59. The predicted octanol–water partition coefficient (Wildman–Crippen LogP) is 2.26. The van der Waals surface area contributed by atoms with Gasteiger partial charge in [-0.1, -0.05) is 12.2 Å². The van der Waals surface area contributed by atoms with E-state index in [1.807, 2.05) is 0 Å². The molecule has 1 aromatic carbocycles. The Morgan fingerprint density at radius 3 is 2.70 bits per heavy atom. The number of nitrogens with two attached hydrogens (primary N) is 1. The lowest BCUT2D eigenvalue weighted by molar-refractivity contribution is -0.128. The van der Waals surface area contributed by atoms with Crippen molar-refractivity contribution in [2.75, 3.05) is 25.0 Å². The first-order valence-corrected chi connectivity index (χ1v) is 7.50. The molecule has 0 spiro atoms. The molecule has 0 unspecified atom stereocenters. The van der Waals surface area contributed by atoms with Gasteiger partial charge in [-0.3, -0.25) is 4.79 Å². The first-order valence-electron chi connectivity index (χ1n) is 6.30. The van der Waals surface area contributed by atoms with E-state index >= 15 is 0 Å². The van der Waals surface area contributed by atoms with Gasteiger partial charge in [0.25, 0.3) is 0 Å². The van der Waals surface area contributed by atoms with Crippen LogP contribution in [0.3, 0.4) is 0 Å². The Balaban J connectivity index is 2.04. The molecular formula is C13H15BrFN3OS. The second kappa shape index (κ2) is 6.49. The van der Waals surface area contributed by atoms with Gasteiger partial charge < -0.3 is 16.0 Å². The highest BCUT2D eigenvalue weighted by Crippen LogP contribution is 2.27. The Morgan fingerprint density at radius 1 is 1.45 bits per heavy atom. The summed E-state index contributed by atoms with van der Waals surface area (Å²) in [5.41, 5.74) is 6.18. The third kappa shape index (κ3) is 3.27. The van der Waals surface area contributed by atoms with Crippen molar-refractivity contribution < 1.29 is 9.18 Å². The molecule has 0 aromatic heterocycles. The lowest BCUT2D eigenvalue weighted by atomic mass is 10.2. The molecule has 0 aliphatic carbocycles. The van der Waals surface area contributed by atoms with Gasteiger partial charge in [0, 0.05) is 18.7 Å². The van der Waals surface area contributed by atoms with Crippen LogP contribution in [-0.2, 0) is 4.79 Å². The van der Waals surface area contributed by atoms with E-state index in [-0.39, 0.29) is 27.6 Å². The second-order valence-corrected chi connectivity index (χ2v) is 5.83. The first kappa shape index (κ1) is 15.2. The average Bonchev–Trinajstić information content (AvgIpc) is 2.93. The van der Waals surface area contributed by atoms with Crippen LogP contribution in [0.15, 0.2) is 16.6 Å². The number of amides is 1. The molecule has 4 nitrogen and oxygen atoms in total. The monoisotopic (exact) mass is 359 g/mol. The SMILES string of the molecule is NC(=S)c1ccc(NCC(=O)N2CCCC2)c(F)c1Br. The smallest absolute Gasteiger partial charge is 0.241 e. The number of hydrogen-bond acceptors (Lipinski definition) is 3. The van der Waals surface area contributed by atoms with Crippen LogP contribution in [0.2, 0.25) is 0 Å². The highest BCUT2D eigenvalue weighted by molar-refractivity contribution is 9.10. The van der Waals surface area contributed by atoms with Crippen LogP contribution in [0.5, 0.6) is 0 Å². The summed E-state index contributed by atoms with van der Waals surface area (Å²) in [6.07, 6.45) is 2.07. The minimum Gasteiger partial charge on any atom is -0.389 e. The number of benzene rings is 1. The van der Waals surface area contributed by atoms with Crippen LogP contribution in [-0.4, -0.2) is 35.4 Å². The molecule has 0 radical (unpaired) electrons. The molecule has 1 heterocycles. The van der Waals surface area contributed by atoms with Gasteiger partial charge in [0.1, 0.15) is 4.99 Å². The Bertz CT molecular complexity index is 547. The molecule has 1 aliphatic heterocycles. The van der Waals surface area contributed by atoms with Crippen molar-refractivity contribution in [2.45, 2.75) is 12.8 Å². The minimum absolute atomic E-state index is 0.0172. The van der Waals surface area contributed by atoms with E-state index < -0.39 is 5.82 Å². The number of hydrogen-bond donors (Lipinski definition) is 2. The summed E-state index contributed by atoms with van der Waals surface area (Å²) in [7, 11) is 0. The van der Waals surface area contributed by atoms with Crippen molar-refractivity contribution in [3.8, 4) is 0 Å². The summed E-state index contributed by atoms with van der Waals surface area (Å²) in [6.45, 7) is 1.65. The molecule has 0 atom stereocenters. The van der Waals surface area contributed by atoms with Gasteiger partial charge in [-0.05, 0) is 40.9 Å². The van der Waals surface area contributed by atoms with E-state index in [0.717, 1.165) is 25.9 Å². The fourth-order valence-corrected chi connectivity index (χ4v) is 2.99. The molecule has 1 fully saturated rings. The number of likely N-dealkylation sites (tertiary alicyclic amines) is 1. The molecule has 0 bridgehead atoms. The number of anilines is 1. The largest absolute Gasteiger partial charge is 0.389 e. The average molecular weight is 360 g/mol. The third-order valence-corrected chi connectivity index (χ3v) is 4.23. The number of carbonyl (C=O) groups is 1. The van der Waals surface area contributed by atoms with Gasteiger partial charge >= 0.3 is 0 Å². The molecule has 20 heavy (non-hydrogen) atoms. The summed E-state index contributed by atoms with van der Waals surface area (Å²) in [5, 5.41) is 2.82. The van der Waals surface area contributed by atoms with E-state index in [2.05, 4.69) is 21.2 Å². The maximum absolute atomic E-state index is 14.1. The van der Waals surface area contributed by atoms with Gasteiger partial charge in [0.2, 0.25) is 5.91 Å². The van der Waals surface area contributed by atoms with Crippen LogP contribution in [0.1, 0.15) is 18.4 Å². The van der Waals surface area contributed by atoms with Crippen molar-refractivity contribution in [3.63, 3.8) is 0 Å². The fourth-order valence-electron chi connectivity index (χ4n) is 2.13. The molecule has 0 saturated carbocycles. The maximum Gasteiger partial charge on any atom is 0.241 e. The highest BCUT2D eigenvalue weighted by Gasteiger charge is 2.18. The molecule has 2 rings (SSSR count). The number of carbonyl (C=O) groups excluding carboxylic acids is 1.